The monoisotopic (exact) mass is 371 g/mol. The van der Waals surface area contributed by atoms with E-state index >= 15 is 0 Å². The SMILES string of the molecule is CC(C)(C)c1ccccc1OC[C@@H](O)C[NH+]1CCN(c2cccc[nH+]2)CC1. The van der Waals surface area contributed by atoms with Crippen LogP contribution in [0, 0.1) is 0 Å². The molecule has 146 valence electrons. The number of nitrogens with zero attached hydrogens (tertiary/aromatic N) is 1. The standard InChI is InChI=1S/C22H31N3O2/c1-22(2,3)19-8-4-5-9-20(19)27-17-18(26)16-24-12-14-25(15-13-24)21-10-6-7-11-23-21/h4-11,18,26H,12-17H2,1-3H3/p+2/t18-/m0/s1. The summed E-state index contributed by atoms with van der Waals surface area (Å²) in [6, 6.07) is 14.3. The van der Waals surface area contributed by atoms with Gasteiger partial charge >= 0.3 is 0 Å². The maximum Gasteiger partial charge on any atom is 0.274 e. The third-order valence-electron chi connectivity index (χ3n) is 5.15. The Morgan fingerprint density at radius 3 is 2.48 bits per heavy atom. The summed E-state index contributed by atoms with van der Waals surface area (Å²) in [6.07, 6.45) is 1.51. The highest BCUT2D eigenvalue weighted by atomic mass is 16.5. The molecule has 1 aliphatic rings. The molecule has 5 nitrogen and oxygen atoms in total. The van der Waals surface area contributed by atoms with Gasteiger partial charge in [-0.1, -0.05) is 45.0 Å². The molecule has 0 saturated carbocycles. The first-order chi connectivity index (χ1) is 12.9. The van der Waals surface area contributed by atoms with Crippen LogP contribution in [0.4, 0.5) is 5.82 Å². The Bertz CT molecular complexity index is 707. The molecule has 1 aliphatic heterocycles. The summed E-state index contributed by atoms with van der Waals surface area (Å²) in [6.45, 7) is 11.7. The summed E-state index contributed by atoms with van der Waals surface area (Å²) in [5.41, 5.74) is 1.20. The number of aliphatic hydroxyl groups is 1. The molecule has 0 aliphatic carbocycles. The first kappa shape index (κ1) is 19.6. The highest BCUT2D eigenvalue weighted by molar-refractivity contribution is 5.38. The molecule has 0 amide bonds. The Hall–Kier alpha value is -2.11. The molecule has 0 unspecified atom stereocenters. The number of aliphatic hydroxyl groups excluding tert-OH is 1. The summed E-state index contributed by atoms with van der Waals surface area (Å²) >= 11 is 0. The van der Waals surface area contributed by atoms with Crippen LogP contribution in [-0.2, 0) is 5.41 Å². The van der Waals surface area contributed by atoms with Crippen LogP contribution < -0.4 is 19.5 Å². The van der Waals surface area contributed by atoms with Crippen LogP contribution in [0.15, 0.2) is 48.7 Å². The molecule has 1 saturated heterocycles. The summed E-state index contributed by atoms with van der Waals surface area (Å²) in [7, 11) is 0. The van der Waals surface area contributed by atoms with Crippen molar-refractivity contribution in [3.8, 4) is 5.75 Å². The molecule has 3 N–H and O–H groups in total. The van der Waals surface area contributed by atoms with Crippen LogP contribution >= 0.6 is 0 Å². The zero-order valence-corrected chi connectivity index (χ0v) is 16.7. The first-order valence-electron chi connectivity index (χ1n) is 9.89. The van der Waals surface area contributed by atoms with Crippen LogP contribution in [0.5, 0.6) is 5.75 Å². The number of aromatic amines is 1. The zero-order valence-electron chi connectivity index (χ0n) is 16.7. The lowest BCUT2D eigenvalue weighted by Gasteiger charge is -2.29. The number of pyridine rings is 1. The molecule has 27 heavy (non-hydrogen) atoms. The van der Waals surface area contributed by atoms with E-state index in [0.717, 1.165) is 38.5 Å². The van der Waals surface area contributed by atoms with Gasteiger partial charge < -0.3 is 14.7 Å². The number of rotatable bonds is 6. The normalized spacial score (nSPS) is 17.0. The number of nitrogens with one attached hydrogen (secondary N) is 2. The van der Waals surface area contributed by atoms with Crippen molar-refractivity contribution in [1.29, 1.82) is 0 Å². The molecule has 0 radical (unpaired) electrons. The lowest BCUT2D eigenvalue weighted by atomic mass is 9.86. The summed E-state index contributed by atoms with van der Waals surface area (Å²) < 4.78 is 5.98. The predicted octanol–water partition coefficient (Wildman–Crippen LogP) is 0.943. The van der Waals surface area contributed by atoms with Gasteiger partial charge in [0.2, 0.25) is 0 Å². The molecule has 0 bridgehead atoms. The van der Waals surface area contributed by atoms with Crippen molar-refractivity contribution in [2.75, 3.05) is 44.2 Å². The van der Waals surface area contributed by atoms with Gasteiger partial charge in [-0.3, -0.25) is 4.90 Å². The van der Waals surface area contributed by atoms with E-state index in [1.807, 2.05) is 30.5 Å². The van der Waals surface area contributed by atoms with Crippen molar-refractivity contribution in [1.82, 2.24) is 0 Å². The van der Waals surface area contributed by atoms with Gasteiger partial charge in [-0.2, -0.15) is 0 Å². The molecule has 0 spiro atoms. The van der Waals surface area contributed by atoms with Crippen LogP contribution in [-0.4, -0.2) is 50.5 Å². The minimum absolute atomic E-state index is 0.0254. The quantitative estimate of drug-likeness (QED) is 0.795. The van der Waals surface area contributed by atoms with E-state index in [-0.39, 0.29) is 5.41 Å². The molecule has 1 aromatic carbocycles. The van der Waals surface area contributed by atoms with Gasteiger partial charge in [0, 0.05) is 6.07 Å². The number of ether oxygens (including phenoxy) is 1. The van der Waals surface area contributed by atoms with Crippen LogP contribution in [0.2, 0.25) is 0 Å². The number of aromatic nitrogens is 1. The molecular formula is C22H33N3O2+2. The van der Waals surface area contributed by atoms with Gasteiger partial charge in [0.1, 0.15) is 51.2 Å². The summed E-state index contributed by atoms with van der Waals surface area (Å²) in [4.78, 5) is 7.10. The highest BCUT2D eigenvalue weighted by Gasteiger charge is 2.27. The molecule has 2 aromatic rings. The molecular weight excluding hydrogens is 338 g/mol. The van der Waals surface area contributed by atoms with E-state index in [1.54, 1.807) is 0 Å². The fourth-order valence-corrected chi connectivity index (χ4v) is 3.64. The summed E-state index contributed by atoms with van der Waals surface area (Å²) in [5.74, 6) is 2.04. The number of benzene rings is 1. The van der Waals surface area contributed by atoms with Gasteiger partial charge in [0.25, 0.3) is 5.82 Å². The van der Waals surface area contributed by atoms with E-state index < -0.39 is 6.10 Å². The number of hydrogen-bond donors (Lipinski definition) is 2. The maximum atomic E-state index is 10.5. The smallest absolute Gasteiger partial charge is 0.274 e. The lowest BCUT2D eigenvalue weighted by molar-refractivity contribution is -0.903. The Labute approximate surface area is 162 Å². The minimum Gasteiger partial charge on any atom is -0.490 e. The van der Waals surface area contributed by atoms with Crippen LogP contribution in [0.1, 0.15) is 26.3 Å². The number of hydrogen-bond acceptors (Lipinski definition) is 3. The molecule has 1 atom stereocenters. The molecule has 1 aromatic heterocycles. The topological polar surface area (TPSA) is 51.3 Å². The van der Waals surface area contributed by atoms with Crippen molar-refractivity contribution in [3.63, 3.8) is 0 Å². The average molecular weight is 372 g/mol. The largest absolute Gasteiger partial charge is 0.490 e. The van der Waals surface area contributed by atoms with Gasteiger partial charge in [0.15, 0.2) is 0 Å². The van der Waals surface area contributed by atoms with E-state index in [1.165, 1.54) is 16.3 Å². The van der Waals surface area contributed by atoms with Crippen LogP contribution in [0.3, 0.4) is 0 Å². The van der Waals surface area contributed by atoms with Crippen molar-refractivity contribution >= 4 is 5.82 Å². The Morgan fingerprint density at radius 1 is 1.11 bits per heavy atom. The van der Waals surface area contributed by atoms with Crippen molar-refractivity contribution < 1.29 is 19.7 Å². The first-order valence-corrected chi connectivity index (χ1v) is 9.89. The predicted molar refractivity (Wildman–Crippen MR) is 107 cm³/mol. The van der Waals surface area contributed by atoms with E-state index in [2.05, 4.69) is 48.9 Å². The molecule has 3 rings (SSSR count). The Balaban J connectivity index is 1.46. The van der Waals surface area contributed by atoms with Crippen molar-refractivity contribution in [2.45, 2.75) is 32.3 Å². The number of para-hydroxylation sites is 1. The lowest BCUT2D eigenvalue weighted by Crippen LogP contribution is -3.16. The molecule has 5 heteroatoms. The van der Waals surface area contributed by atoms with E-state index in [4.69, 9.17) is 4.74 Å². The average Bonchev–Trinajstić information content (AvgIpc) is 2.67. The summed E-state index contributed by atoms with van der Waals surface area (Å²) in [5, 5.41) is 10.5. The maximum absolute atomic E-state index is 10.5. The molecule has 1 fully saturated rings. The van der Waals surface area contributed by atoms with Gasteiger partial charge in [-0.15, -0.1) is 0 Å². The third kappa shape index (κ3) is 5.44. The van der Waals surface area contributed by atoms with Crippen molar-refractivity contribution in [3.05, 3.63) is 54.2 Å². The zero-order chi connectivity index (χ0) is 19.3. The van der Waals surface area contributed by atoms with E-state index in [9.17, 15) is 5.11 Å². The fraction of sp³-hybridized carbons (Fsp3) is 0.500. The van der Waals surface area contributed by atoms with Crippen molar-refractivity contribution in [2.24, 2.45) is 0 Å². The highest BCUT2D eigenvalue weighted by Crippen LogP contribution is 2.30. The Kier molecular flexibility index (Phi) is 6.34. The number of piperazine rings is 1. The number of H-pyrrole nitrogens is 1. The Morgan fingerprint density at radius 2 is 1.81 bits per heavy atom. The van der Waals surface area contributed by atoms with Gasteiger partial charge in [-0.05, 0) is 23.1 Å². The second-order valence-corrected chi connectivity index (χ2v) is 8.40. The number of quaternary nitrogens is 1. The minimum atomic E-state index is -0.456. The molecule has 2 heterocycles. The third-order valence-corrected chi connectivity index (χ3v) is 5.15. The van der Waals surface area contributed by atoms with Gasteiger partial charge in [0.05, 0.1) is 6.20 Å². The van der Waals surface area contributed by atoms with E-state index in [0.29, 0.717) is 6.61 Å². The second kappa shape index (κ2) is 8.72. The van der Waals surface area contributed by atoms with Crippen LogP contribution in [0.25, 0.3) is 0 Å². The fourth-order valence-electron chi connectivity index (χ4n) is 3.64. The second-order valence-electron chi connectivity index (χ2n) is 8.40. The number of anilines is 1. The van der Waals surface area contributed by atoms with Gasteiger partial charge in [-0.25, -0.2) is 4.98 Å².